The van der Waals surface area contributed by atoms with Gasteiger partial charge in [0, 0.05) is 12.5 Å². The van der Waals surface area contributed by atoms with Gasteiger partial charge in [-0.3, -0.25) is 14.5 Å². The zero-order chi connectivity index (χ0) is 22.5. The number of benzene rings is 2. The number of hydrogen-bond donors (Lipinski definition) is 0. The Kier molecular flexibility index (Phi) is 4.74. The molecule has 0 aliphatic carbocycles. The van der Waals surface area contributed by atoms with Gasteiger partial charge in [-0.2, -0.15) is 15.0 Å². The highest BCUT2D eigenvalue weighted by atomic mass is 16.5. The monoisotopic (exact) mass is 429 g/mol. The van der Waals surface area contributed by atoms with E-state index >= 15 is 0 Å². The summed E-state index contributed by atoms with van der Waals surface area (Å²) in [6, 6.07) is 14.9. The maximum Gasteiger partial charge on any atom is 0.261 e. The van der Waals surface area contributed by atoms with Crippen LogP contribution in [-0.4, -0.2) is 56.3 Å². The number of amides is 2. The van der Waals surface area contributed by atoms with Crippen LogP contribution in [0.5, 0.6) is 0 Å². The normalized spacial score (nSPS) is 22.6. The molecule has 0 saturated carbocycles. The molecule has 3 heterocycles. The first-order valence-electron chi connectivity index (χ1n) is 10.5. The van der Waals surface area contributed by atoms with Crippen molar-refractivity contribution in [3.63, 3.8) is 0 Å². The second kappa shape index (κ2) is 7.49. The molecule has 0 bridgehead atoms. The Morgan fingerprint density at radius 1 is 1.03 bits per heavy atom. The fourth-order valence-electron chi connectivity index (χ4n) is 4.14. The van der Waals surface area contributed by atoms with Gasteiger partial charge in [-0.1, -0.05) is 59.7 Å². The summed E-state index contributed by atoms with van der Waals surface area (Å²) in [4.78, 5) is 32.7. The van der Waals surface area contributed by atoms with Crippen LogP contribution in [-0.2, 0) is 14.3 Å². The second-order valence-electron chi connectivity index (χ2n) is 8.32. The number of ether oxygens (including phenoxy) is 1. The molecule has 5 rings (SSSR count). The molecule has 32 heavy (non-hydrogen) atoms. The van der Waals surface area contributed by atoms with Crippen molar-refractivity contribution in [3.05, 3.63) is 71.4 Å². The maximum absolute atomic E-state index is 13.2. The van der Waals surface area contributed by atoms with E-state index in [1.165, 1.54) is 16.6 Å². The molecule has 3 aromatic rings. The lowest BCUT2D eigenvalue weighted by Crippen LogP contribution is -2.39. The van der Waals surface area contributed by atoms with Gasteiger partial charge in [0.1, 0.15) is 5.69 Å². The van der Waals surface area contributed by atoms with Crippen molar-refractivity contribution in [1.82, 2.24) is 19.9 Å². The summed E-state index contributed by atoms with van der Waals surface area (Å²) in [6.07, 6.45) is 1.61. The summed E-state index contributed by atoms with van der Waals surface area (Å²) in [5, 5.41) is 8.93. The van der Waals surface area contributed by atoms with Gasteiger partial charge in [0.05, 0.1) is 25.1 Å². The Balaban J connectivity index is 1.55. The predicted molar refractivity (Wildman–Crippen MR) is 118 cm³/mol. The number of aromatic nitrogens is 3. The lowest BCUT2D eigenvalue weighted by molar-refractivity contribution is -0.142. The van der Waals surface area contributed by atoms with Crippen LogP contribution in [0.2, 0.25) is 0 Å². The number of nitrogens with zero attached hydrogens (tertiary/aromatic N) is 5. The Labute approximate surface area is 185 Å². The van der Waals surface area contributed by atoms with Gasteiger partial charge in [0.15, 0.2) is 0 Å². The van der Waals surface area contributed by atoms with Crippen LogP contribution in [0.1, 0.15) is 29.7 Å². The highest BCUT2D eigenvalue weighted by molar-refractivity contribution is 6.04. The van der Waals surface area contributed by atoms with Crippen molar-refractivity contribution >= 4 is 17.5 Å². The Hall–Kier alpha value is -3.65. The van der Waals surface area contributed by atoms with E-state index in [0.717, 1.165) is 28.0 Å². The maximum atomic E-state index is 13.2. The molecule has 1 fully saturated rings. The summed E-state index contributed by atoms with van der Waals surface area (Å²) >= 11 is 0. The molecule has 8 heteroatoms. The van der Waals surface area contributed by atoms with E-state index in [4.69, 9.17) is 9.73 Å². The predicted octanol–water partition coefficient (Wildman–Crippen LogP) is 2.71. The number of likely N-dealkylation sites (tertiary alicyclic amines) is 1. The first-order valence-corrected chi connectivity index (χ1v) is 10.5. The van der Waals surface area contributed by atoms with Crippen molar-refractivity contribution in [3.8, 4) is 11.3 Å². The molecule has 2 unspecified atom stereocenters. The van der Waals surface area contributed by atoms with Gasteiger partial charge in [-0.25, -0.2) is 4.99 Å². The van der Waals surface area contributed by atoms with Crippen LogP contribution in [0.3, 0.4) is 0 Å². The second-order valence-corrected chi connectivity index (χ2v) is 8.32. The van der Waals surface area contributed by atoms with Gasteiger partial charge >= 0.3 is 0 Å². The number of carbonyl (C=O) groups is 2. The summed E-state index contributed by atoms with van der Waals surface area (Å²) in [6.45, 7) is 5.66. The average Bonchev–Trinajstić information content (AvgIpc) is 3.48. The molecular weight excluding hydrogens is 406 g/mol. The number of aryl methyl sites for hydroxylation is 2. The number of hydrogen-bond acceptors (Lipinski definition) is 6. The zero-order valence-corrected chi connectivity index (χ0v) is 18.1. The van der Waals surface area contributed by atoms with Crippen LogP contribution < -0.4 is 0 Å². The van der Waals surface area contributed by atoms with Crippen molar-refractivity contribution in [2.24, 2.45) is 4.99 Å². The largest absolute Gasteiger partial charge is 0.343 e. The third kappa shape index (κ3) is 3.33. The standard InChI is InChI=1S/C24H23N5O3/c1-15-4-8-18(9-5-15)20-12-25-29(27-20)22-23(31)28(17(3)30)14-24(22)26-21(13-32-24)19-10-6-16(2)7-11-19/h4-12,22H,13-14H2,1-3H3. The topological polar surface area (TPSA) is 89.7 Å². The van der Waals surface area contributed by atoms with Gasteiger partial charge < -0.3 is 4.74 Å². The van der Waals surface area contributed by atoms with E-state index in [2.05, 4.69) is 10.2 Å². The number of carbonyl (C=O) groups excluding carboxylic acids is 2. The Morgan fingerprint density at radius 2 is 1.66 bits per heavy atom. The van der Waals surface area contributed by atoms with Crippen LogP contribution in [0.15, 0.2) is 59.7 Å². The van der Waals surface area contributed by atoms with Gasteiger partial charge in [-0.15, -0.1) is 0 Å². The average molecular weight is 429 g/mol. The minimum atomic E-state index is -1.26. The summed E-state index contributed by atoms with van der Waals surface area (Å²) in [5.74, 6) is -0.775. The summed E-state index contributed by atoms with van der Waals surface area (Å²) in [7, 11) is 0. The smallest absolute Gasteiger partial charge is 0.261 e. The minimum absolute atomic E-state index is 0.0304. The highest BCUT2D eigenvalue weighted by Crippen LogP contribution is 2.40. The molecule has 2 atom stereocenters. The molecule has 1 spiro atoms. The number of imide groups is 1. The van der Waals surface area contributed by atoms with E-state index in [9.17, 15) is 9.59 Å². The van der Waals surface area contributed by atoms with Crippen molar-refractivity contribution in [2.75, 3.05) is 13.2 Å². The van der Waals surface area contributed by atoms with Crippen molar-refractivity contribution < 1.29 is 14.3 Å². The van der Waals surface area contributed by atoms with Crippen LogP contribution in [0.25, 0.3) is 11.3 Å². The molecular formula is C24H23N5O3. The molecule has 2 aliphatic heterocycles. The van der Waals surface area contributed by atoms with Crippen LogP contribution in [0, 0.1) is 13.8 Å². The quantitative estimate of drug-likeness (QED) is 0.639. The Morgan fingerprint density at radius 3 is 2.28 bits per heavy atom. The Bertz CT molecular complexity index is 1230. The van der Waals surface area contributed by atoms with Gasteiger partial charge in [-0.05, 0) is 19.4 Å². The molecule has 1 saturated heterocycles. The molecule has 2 aromatic carbocycles. The number of rotatable bonds is 3. The molecule has 0 radical (unpaired) electrons. The van der Waals surface area contributed by atoms with E-state index in [0.29, 0.717) is 5.69 Å². The molecule has 0 N–H and O–H groups in total. The zero-order valence-electron chi connectivity index (χ0n) is 18.1. The molecule has 162 valence electrons. The highest BCUT2D eigenvalue weighted by Gasteiger charge is 2.59. The lowest BCUT2D eigenvalue weighted by Gasteiger charge is -2.23. The van der Waals surface area contributed by atoms with Crippen LogP contribution >= 0.6 is 0 Å². The number of aliphatic imine (C=N–C) groups is 1. The molecule has 2 amide bonds. The first kappa shape index (κ1) is 20.3. The lowest BCUT2D eigenvalue weighted by atomic mass is 10.1. The van der Waals surface area contributed by atoms with E-state index in [1.54, 1.807) is 6.20 Å². The van der Waals surface area contributed by atoms with E-state index in [1.807, 2.05) is 62.4 Å². The van der Waals surface area contributed by atoms with Crippen molar-refractivity contribution in [2.45, 2.75) is 32.5 Å². The third-order valence-electron chi connectivity index (χ3n) is 5.95. The van der Waals surface area contributed by atoms with E-state index < -0.39 is 17.7 Å². The van der Waals surface area contributed by atoms with E-state index in [-0.39, 0.29) is 19.1 Å². The fraction of sp³-hybridized carbons (Fsp3) is 0.292. The summed E-state index contributed by atoms with van der Waals surface area (Å²) < 4.78 is 6.13. The van der Waals surface area contributed by atoms with Gasteiger partial charge in [0.2, 0.25) is 17.7 Å². The summed E-state index contributed by atoms with van der Waals surface area (Å²) in [5.41, 5.74) is 4.21. The first-order chi connectivity index (χ1) is 15.4. The third-order valence-corrected chi connectivity index (χ3v) is 5.95. The minimum Gasteiger partial charge on any atom is -0.343 e. The van der Waals surface area contributed by atoms with Crippen LogP contribution in [0.4, 0.5) is 0 Å². The van der Waals surface area contributed by atoms with Crippen molar-refractivity contribution in [1.29, 1.82) is 0 Å². The van der Waals surface area contributed by atoms with Gasteiger partial charge in [0.25, 0.3) is 5.91 Å². The molecule has 2 aliphatic rings. The fourth-order valence-corrected chi connectivity index (χ4v) is 4.14. The molecule has 1 aromatic heterocycles. The SMILES string of the molecule is CC(=O)N1CC2(N=C(c3ccc(C)cc3)CO2)C(n2ncc(-c3ccc(C)cc3)n2)C1=O. The molecule has 8 nitrogen and oxygen atoms in total.